The predicted molar refractivity (Wildman–Crippen MR) is 381 cm³/mol. The number of carbonyl (C=O) groups is 12. The van der Waals surface area contributed by atoms with Gasteiger partial charge in [-0.1, -0.05) is 116 Å². The van der Waals surface area contributed by atoms with Crippen molar-refractivity contribution in [2.75, 3.05) is 49.4 Å². The van der Waals surface area contributed by atoms with E-state index in [1.165, 1.54) is 87.6 Å². The second-order valence-electron chi connectivity index (χ2n) is 30.9. The molecule has 0 fully saturated rings. The topological polar surface area (TPSA) is 343 Å². The predicted octanol–water partition coefficient (Wildman–Crippen LogP) is 5.27. The van der Waals surface area contributed by atoms with Crippen molar-refractivity contribution in [3.63, 3.8) is 0 Å². The summed E-state index contributed by atoms with van der Waals surface area (Å²) in [6.45, 7) is 38.5. The molecule has 14 atom stereocenters. The Morgan fingerprint density at radius 3 is 1.15 bits per heavy atom. The van der Waals surface area contributed by atoms with Crippen LogP contribution in [0.15, 0.2) is 12.2 Å². The molecule has 0 heterocycles. The molecule has 0 aromatic carbocycles. The first-order chi connectivity index (χ1) is 45.4. The first-order valence-electron chi connectivity index (χ1n) is 35.3. The molecule has 11 amide bonds. The van der Waals surface area contributed by atoms with E-state index >= 15 is 0 Å². The maximum absolute atomic E-state index is 14.9. The number of hydrogen-bond acceptors (Lipinski definition) is 16. The first kappa shape index (κ1) is 92.1. The third-order valence-corrected chi connectivity index (χ3v) is 17.3. The smallest absolute Gasteiger partial charge is 0.410 e. The highest BCUT2D eigenvalue weighted by atomic mass is 16.6. The third kappa shape index (κ3) is 29.7. The third-order valence-electron chi connectivity index (χ3n) is 17.3. The number of amides is 11. The summed E-state index contributed by atoms with van der Waals surface area (Å²) < 4.78 is 10.4. The van der Waals surface area contributed by atoms with E-state index in [-0.39, 0.29) is 74.0 Å². The summed E-state index contributed by atoms with van der Waals surface area (Å²) in [7, 11) is 9.58. The van der Waals surface area contributed by atoms with Gasteiger partial charge in [0, 0.05) is 42.3 Å². The summed E-state index contributed by atoms with van der Waals surface area (Å²) in [6, 6.07) is -13.8. The van der Waals surface area contributed by atoms with Gasteiger partial charge in [0.15, 0.2) is 6.04 Å². The Morgan fingerprint density at radius 2 is 0.778 bits per heavy atom. The van der Waals surface area contributed by atoms with Crippen LogP contribution in [0.3, 0.4) is 0 Å². The molecule has 570 valence electrons. The van der Waals surface area contributed by atoms with Crippen molar-refractivity contribution in [3.8, 4) is 0 Å². The molecule has 0 bridgehead atoms. The van der Waals surface area contributed by atoms with E-state index in [4.69, 9.17) is 9.47 Å². The summed E-state index contributed by atoms with van der Waals surface area (Å²) in [5, 5.41) is 35.8. The van der Waals surface area contributed by atoms with Crippen molar-refractivity contribution in [1.29, 1.82) is 0 Å². The van der Waals surface area contributed by atoms with Crippen LogP contribution < -0.4 is 26.6 Å². The highest BCUT2D eigenvalue weighted by molar-refractivity contribution is 5.99. The maximum atomic E-state index is 14.9. The lowest BCUT2D eigenvalue weighted by molar-refractivity contribution is -0.156. The van der Waals surface area contributed by atoms with Crippen LogP contribution >= 0.6 is 0 Å². The zero-order valence-corrected chi connectivity index (χ0v) is 65.5. The van der Waals surface area contributed by atoms with Crippen molar-refractivity contribution < 1.29 is 77.2 Å². The molecule has 0 aromatic heterocycles. The number of esters is 1. The second kappa shape index (κ2) is 42.4. The van der Waals surface area contributed by atoms with Gasteiger partial charge in [-0.3, -0.25) is 52.8 Å². The minimum atomic E-state index is -1.63. The minimum Gasteiger partial charge on any atom is -0.467 e. The minimum absolute atomic E-state index is 0.0242. The quantitative estimate of drug-likeness (QED) is 0.0303. The Labute approximate surface area is 592 Å². The summed E-state index contributed by atoms with van der Waals surface area (Å²) >= 11 is 0. The Balaban J connectivity index is 7.01. The number of aliphatic hydroxyl groups is 2. The normalized spacial score (nSPS) is 16.2. The van der Waals surface area contributed by atoms with Crippen molar-refractivity contribution in [2.45, 2.75) is 282 Å². The van der Waals surface area contributed by atoms with Crippen molar-refractivity contribution in [3.05, 3.63) is 12.2 Å². The number of nitrogens with zero attached hydrogens (tertiary/aromatic N) is 6. The molecule has 0 aromatic rings. The Bertz CT molecular complexity index is 2690. The van der Waals surface area contributed by atoms with Crippen molar-refractivity contribution in [1.82, 2.24) is 56.0 Å². The molecular weight excluding hydrogens is 1270 g/mol. The molecule has 0 aliphatic carbocycles. The van der Waals surface area contributed by atoms with Gasteiger partial charge in [-0.25, -0.2) is 9.59 Å². The first-order valence-corrected chi connectivity index (χ1v) is 35.3. The molecule has 0 rings (SSSR count). The molecule has 0 unspecified atom stereocenters. The average Bonchev–Trinajstić information content (AvgIpc) is 0.812. The Hall–Kier alpha value is -6.90. The molecule has 27 heteroatoms. The molecule has 0 saturated heterocycles. The van der Waals surface area contributed by atoms with Crippen LogP contribution in [0.4, 0.5) is 4.79 Å². The molecule has 99 heavy (non-hydrogen) atoms. The fraction of sp³-hybridized carbons (Fsp3) is 0.806. The number of aliphatic hydroxyl groups excluding tert-OH is 2. The fourth-order valence-corrected chi connectivity index (χ4v) is 11.7. The standard InChI is InChI=1S/C72H131N11O16/c1-30-31-32-46(16)59(85)58(64(90)77-56(49(19)84)70(96)98-29)83(28)69(95)57(45(14)15)82(27)67(93)51(34-40(4)5)76-62(88)53(36-42(8)9)78(23)65(91)48(18)74-60(86)47(17)73-61(87)52(35-41(6)7)79(24)66(92)50(33-39(2)3)75-63(89)54(37-43(10)11)80(25)68(94)55(38-44(12)13)81(26)71(97)99-72(20,21)22/h30-31,39-59,84-85H,32-38H2,1-29H3,(H,73,87)(H,74,86)(H,75,89)(H,76,88)(H,77,90)/b31-30+/t46-,47+,48-,49-,50+,51+,52+,53+,54+,55-,56+,57+,58+,59-/m1/s1. The largest absolute Gasteiger partial charge is 0.467 e. The fourth-order valence-electron chi connectivity index (χ4n) is 11.7. The van der Waals surface area contributed by atoms with Gasteiger partial charge in [0.05, 0.1) is 19.3 Å². The van der Waals surface area contributed by atoms with Gasteiger partial charge < -0.3 is 70.8 Å². The van der Waals surface area contributed by atoms with Crippen LogP contribution in [0.25, 0.3) is 0 Å². The Kier molecular flexibility index (Phi) is 39.4. The number of methoxy groups -OCH3 is 1. The van der Waals surface area contributed by atoms with Gasteiger partial charge >= 0.3 is 12.1 Å². The van der Waals surface area contributed by atoms with E-state index in [0.29, 0.717) is 6.42 Å². The Morgan fingerprint density at radius 1 is 0.414 bits per heavy atom. The molecule has 27 nitrogen and oxygen atoms in total. The number of hydrogen-bond donors (Lipinski definition) is 7. The van der Waals surface area contributed by atoms with Crippen LogP contribution in [-0.2, 0) is 62.2 Å². The van der Waals surface area contributed by atoms with Crippen LogP contribution in [0.2, 0.25) is 0 Å². The lowest BCUT2D eigenvalue weighted by atomic mass is 9.91. The maximum Gasteiger partial charge on any atom is 0.410 e. The molecule has 0 saturated carbocycles. The van der Waals surface area contributed by atoms with Gasteiger partial charge in [-0.2, -0.15) is 0 Å². The van der Waals surface area contributed by atoms with Crippen LogP contribution in [-0.4, -0.2) is 244 Å². The van der Waals surface area contributed by atoms with Gasteiger partial charge in [0.25, 0.3) is 0 Å². The number of carbonyl (C=O) groups excluding carboxylic acids is 12. The SMILES string of the molecule is C/C=C/C[C@@H](C)[C@@H](O)[C@@H](C(=O)N[C@H](C(=O)OC)[C@@H](C)O)N(C)C(=O)[C@H](C(C)C)N(C)C(=O)[C@H](CC(C)C)NC(=O)[C@H](CC(C)C)N(C)C(=O)[C@@H](C)NC(=O)[C@H](C)NC(=O)[C@H](CC(C)C)N(C)C(=O)[C@H](CC(C)C)NC(=O)[C@H](CC(C)C)N(C)C(=O)[C@@H](CC(C)C)N(C)C(=O)OC(C)(C)C. The van der Waals surface area contributed by atoms with E-state index in [2.05, 4.69) is 26.6 Å². The van der Waals surface area contributed by atoms with E-state index in [1.54, 1.807) is 60.6 Å². The van der Waals surface area contributed by atoms with E-state index in [1.807, 2.05) is 83.1 Å². The summed E-state index contributed by atoms with van der Waals surface area (Å²) in [4.78, 5) is 178. The molecule has 0 aliphatic heterocycles. The molecule has 7 N–H and O–H groups in total. The van der Waals surface area contributed by atoms with Gasteiger partial charge in [-0.05, 0) is 141 Å². The molecule has 0 radical (unpaired) electrons. The monoisotopic (exact) mass is 1410 g/mol. The zero-order chi connectivity index (χ0) is 77.3. The molecular formula is C72H131N11O16. The van der Waals surface area contributed by atoms with E-state index < -0.39 is 167 Å². The summed E-state index contributed by atoms with van der Waals surface area (Å²) in [5.74, 6) is -9.93. The second-order valence-corrected chi connectivity index (χ2v) is 30.9. The van der Waals surface area contributed by atoms with Gasteiger partial charge in [0.1, 0.15) is 66.0 Å². The van der Waals surface area contributed by atoms with E-state index in [0.717, 1.165) is 12.0 Å². The highest BCUT2D eigenvalue weighted by Gasteiger charge is 2.45. The van der Waals surface area contributed by atoms with E-state index in [9.17, 15) is 67.7 Å². The summed E-state index contributed by atoms with van der Waals surface area (Å²) in [5.41, 5.74) is -0.835. The lowest BCUT2D eigenvalue weighted by Crippen LogP contribution is -2.63. The lowest BCUT2D eigenvalue weighted by Gasteiger charge is -2.40. The highest BCUT2D eigenvalue weighted by Crippen LogP contribution is 2.26. The van der Waals surface area contributed by atoms with Crippen LogP contribution in [0, 0.1) is 47.3 Å². The van der Waals surface area contributed by atoms with Crippen LogP contribution in [0.5, 0.6) is 0 Å². The van der Waals surface area contributed by atoms with Gasteiger partial charge in [0.2, 0.25) is 59.1 Å². The average molecular weight is 1410 g/mol. The molecule has 0 spiro atoms. The molecule has 0 aliphatic rings. The zero-order valence-electron chi connectivity index (χ0n) is 65.5. The van der Waals surface area contributed by atoms with Gasteiger partial charge in [-0.15, -0.1) is 0 Å². The number of rotatable bonds is 40. The number of ether oxygens (including phenoxy) is 2. The number of allylic oxidation sites excluding steroid dienone is 2. The summed E-state index contributed by atoms with van der Waals surface area (Å²) in [6.07, 6.45) is 1.19. The van der Waals surface area contributed by atoms with Crippen molar-refractivity contribution >= 4 is 71.1 Å². The number of nitrogens with one attached hydrogen (secondary N) is 5. The van der Waals surface area contributed by atoms with Crippen molar-refractivity contribution in [2.24, 2.45) is 47.3 Å². The number of likely N-dealkylation sites (N-methyl/N-ethyl adjacent to an activating group) is 6. The van der Waals surface area contributed by atoms with Crippen LogP contribution in [0.1, 0.15) is 197 Å².